The van der Waals surface area contributed by atoms with Crippen LogP contribution in [-0.4, -0.2) is 28.3 Å². The number of nitrogens with one attached hydrogen (secondary N) is 1. The van der Waals surface area contributed by atoms with Gasteiger partial charge in [-0.25, -0.2) is 0 Å². The van der Waals surface area contributed by atoms with E-state index in [0.717, 1.165) is 33.8 Å². The maximum Gasteiger partial charge on any atom is 0.308 e. The lowest BCUT2D eigenvalue weighted by Gasteiger charge is -2.24. The van der Waals surface area contributed by atoms with Gasteiger partial charge >= 0.3 is 5.97 Å². The molecule has 0 fully saturated rings. The fourth-order valence-corrected chi connectivity index (χ4v) is 4.52. The molecule has 0 bridgehead atoms. The normalized spacial score (nSPS) is 16.6. The number of rotatable bonds is 5. The summed E-state index contributed by atoms with van der Waals surface area (Å²) in [4.78, 5) is 19.2. The number of thiocarbonyl (C=S) groups is 1. The van der Waals surface area contributed by atoms with Gasteiger partial charge in [-0.1, -0.05) is 42.9 Å². The minimum atomic E-state index is -0.508. The molecule has 1 aromatic carbocycles. The highest BCUT2D eigenvalue weighted by atomic mass is 35.5. The number of aliphatic imine (C=N–C) groups is 1. The van der Waals surface area contributed by atoms with E-state index in [0.29, 0.717) is 10.0 Å². The van der Waals surface area contributed by atoms with Gasteiger partial charge < -0.3 is 10.1 Å². The Morgan fingerprint density at radius 1 is 1.31 bits per heavy atom. The summed E-state index contributed by atoms with van der Waals surface area (Å²) in [6.45, 7) is 9.96. The lowest BCUT2D eigenvalue weighted by molar-refractivity contribution is -0.156. The van der Waals surface area contributed by atoms with Gasteiger partial charge in [-0.05, 0) is 51.8 Å². The van der Waals surface area contributed by atoms with E-state index in [1.807, 2.05) is 45.0 Å². The molecule has 1 N–H and O–H groups in total. The van der Waals surface area contributed by atoms with E-state index >= 15 is 0 Å². The Bertz CT molecular complexity index is 977. The Balaban J connectivity index is 2.02. The first-order valence-corrected chi connectivity index (χ1v) is 11.2. The van der Waals surface area contributed by atoms with Crippen LogP contribution in [0.15, 0.2) is 29.3 Å². The van der Waals surface area contributed by atoms with Crippen LogP contribution >= 0.6 is 35.2 Å². The Morgan fingerprint density at radius 3 is 2.59 bits per heavy atom. The number of carbonyl (C=O) groups is 1. The second-order valence-electron chi connectivity index (χ2n) is 7.77. The molecule has 4 nitrogen and oxygen atoms in total. The van der Waals surface area contributed by atoms with E-state index < -0.39 is 11.6 Å². The third-order valence-corrected chi connectivity index (χ3v) is 6.91. The standard InChI is InChI=1S/C22H25ClN2O2S2/c1-6-22(4,5)27-17(26)11-16-20(28)25-21-18(12(2)13(3)29-21)19(24-16)14-7-9-15(23)10-8-14/h7-10,16H,6,11H2,1-5H3,(H,25,28)/t16-/m0/s1. The molecule has 1 aromatic heterocycles. The molecular formula is C22H25ClN2O2S2. The highest BCUT2D eigenvalue weighted by Crippen LogP contribution is 2.37. The second-order valence-corrected chi connectivity index (χ2v) is 9.87. The topological polar surface area (TPSA) is 50.7 Å². The average Bonchev–Trinajstić information content (AvgIpc) is 2.84. The highest BCUT2D eigenvalue weighted by Gasteiger charge is 2.30. The zero-order chi connectivity index (χ0) is 21.3. The van der Waals surface area contributed by atoms with Crippen molar-refractivity contribution in [1.82, 2.24) is 0 Å². The molecule has 0 aliphatic carbocycles. The van der Waals surface area contributed by atoms with Crippen molar-refractivity contribution >= 4 is 56.8 Å². The van der Waals surface area contributed by atoms with Crippen LogP contribution in [0.25, 0.3) is 0 Å². The van der Waals surface area contributed by atoms with Gasteiger partial charge in [-0.2, -0.15) is 0 Å². The van der Waals surface area contributed by atoms with Gasteiger partial charge in [0.05, 0.1) is 12.1 Å². The van der Waals surface area contributed by atoms with Crippen molar-refractivity contribution < 1.29 is 9.53 Å². The lowest BCUT2D eigenvalue weighted by atomic mass is 10.00. The molecule has 2 heterocycles. The summed E-state index contributed by atoms with van der Waals surface area (Å²) in [6.07, 6.45) is 0.834. The van der Waals surface area contributed by atoms with E-state index in [-0.39, 0.29) is 12.4 Å². The van der Waals surface area contributed by atoms with E-state index in [4.69, 9.17) is 33.5 Å². The molecule has 0 saturated heterocycles. The number of anilines is 1. The Hall–Kier alpha value is -1.76. The second kappa shape index (κ2) is 8.54. The number of aryl methyl sites for hydroxylation is 1. The number of halogens is 1. The zero-order valence-electron chi connectivity index (χ0n) is 17.3. The van der Waals surface area contributed by atoms with E-state index in [1.54, 1.807) is 11.3 Å². The number of hydrogen-bond donors (Lipinski definition) is 1. The largest absolute Gasteiger partial charge is 0.460 e. The predicted octanol–water partition coefficient (Wildman–Crippen LogP) is 6.10. The van der Waals surface area contributed by atoms with Crippen molar-refractivity contribution in [3.05, 3.63) is 50.9 Å². The summed E-state index contributed by atoms with van der Waals surface area (Å²) in [5.74, 6) is -0.302. The average molecular weight is 449 g/mol. The molecule has 29 heavy (non-hydrogen) atoms. The van der Waals surface area contributed by atoms with Gasteiger partial charge in [0, 0.05) is 21.0 Å². The molecular weight excluding hydrogens is 424 g/mol. The van der Waals surface area contributed by atoms with Crippen LogP contribution in [0, 0.1) is 13.8 Å². The summed E-state index contributed by atoms with van der Waals surface area (Å²) in [7, 11) is 0. The molecule has 0 spiro atoms. The van der Waals surface area contributed by atoms with Gasteiger partial charge in [-0.3, -0.25) is 9.79 Å². The molecule has 3 rings (SSSR count). The molecule has 1 aliphatic rings. The number of esters is 1. The van der Waals surface area contributed by atoms with Gasteiger partial charge in [-0.15, -0.1) is 11.3 Å². The van der Waals surface area contributed by atoms with Crippen LogP contribution < -0.4 is 5.32 Å². The van der Waals surface area contributed by atoms with Crippen LogP contribution in [0.4, 0.5) is 5.00 Å². The monoisotopic (exact) mass is 448 g/mol. The summed E-state index contributed by atoms with van der Waals surface area (Å²) in [5, 5.41) is 4.95. The number of ether oxygens (including phenoxy) is 1. The molecule has 7 heteroatoms. The van der Waals surface area contributed by atoms with Crippen molar-refractivity contribution in [1.29, 1.82) is 0 Å². The number of hydrogen-bond acceptors (Lipinski definition) is 5. The molecule has 154 valence electrons. The molecule has 0 saturated carbocycles. The smallest absolute Gasteiger partial charge is 0.308 e. The highest BCUT2D eigenvalue weighted by molar-refractivity contribution is 7.80. The summed E-state index contributed by atoms with van der Waals surface area (Å²) in [6, 6.07) is 7.09. The maximum atomic E-state index is 12.6. The first-order valence-electron chi connectivity index (χ1n) is 9.58. The van der Waals surface area contributed by atoms with E-state index in [1.165, 1.54) is 4.88 Å². The number of thiophene rings is 1. The van der Waals surface area contributed by atoms with Crippen molar-refractivity contribution in [2.24, 2.45) is 4.99 Å². The maximum absolute atomic E-state index is 12.6. The summed E-state index contributed by atoms with van der Waals surface area (Å²) in [5.41, 5.74) is 3.44. The Kier molecular flexibility index (Phi) is 6.46. The first kappa shape index (κ1) is 21.9. The molecule has 1 aliphatic heterocycles. The van der Waals surface area contributed by atoms with Crippen LogP contribution in [0.2, 0.25) is 5.02 Å². The van der Waals surface area contributed by atoms with Crippen LogP contribution in [-0.2, 0) is 9.53 Å². The van der Waals surface area contributed by atoms with E-state index in [9.17, 15) is 4.79 Å². The molecule has 1 atom stereocenters. The lowest BCUT2D eigenvalue weighted by Crippen LogP contribution is -2.32. The minimum Gasteiger partial charge on any atom is -0.460 e. The number of nitrogens with zero attached hydrogens (tertiary/aromatic N) is 1. The van der Waals surface area contributed by atoms with Crippen molar-refractivity contribution in [2.75, 3.05) is 5.32 Å². The third kappa shape index (κ3) is 4.87. The Morgan fingerprint density at radius 2 is 1.97 bits per heavy atom. The van der Waals surface area contributed by atoms with Crippen molar-refractivity contribution in [2.45, 2.75) is 59.1 Å². The molecule has 0 unspecified atom stereocenters. The quantitative estimate of drug-likeness (QED) is 0.443. The predicted molar refractivity (Wildman–Crippen MR) is 126 cm³/mol. The number of benzene rings is 1. The number of fused-ring (bicyclic) bond motifs is 1. The SMILES string of the molecule is CCC(C)(C)OC(=O)C[C@@H]1N=C(c2ccc(Cl)cc2)c2c(sc(C)c2C)NC1=S. The first-order chi connectivity index (χ1) is 13.6. The third-order valence-electron chi connectivity index (χ3n) is 5.17. The van der Waals surface area contributed by atoms with Gasteiger partial charge in [0.2, 0.25) is 0 Å². The molecule has 0 radical (unpaired) electrons. The summed E-state index contributed by atoms with van der Waals surface area (Å²) < 4.78 is 5.63. The van der Waals surface area contributed by atoms with Crippen LogP contribution in [0.3, 0.4) is 0 Å². The fourth-order valence-electron chi connectivity index (χ4n) is 3.02. The fraction of sp³-hybridized carbons (Fsp3) is 0.409. The van der Waals surface area contributed by atoms with Gasteiger partial charge in [0.1, 0.15) is 21.6 Å². The zero-order valence-corrected chi connectivity index (χ0v) is 19.6. The molecule has 0 amide bonds. The van der Waals surface area contributed by atoms with Gasteiger partial charge in [0.15, 0.2) is 0 Å². The van der Waals surface area contributed by atoms with E-state index in [2.05, 4.69) is 19.2 Å². The van der Waals surface area contributed by atoms with Crippen molar-refractivity contribution in [3.63, 3.8) is 0 Å². The summed E-state index contributed by atoms with van der Waals surface area (Å²) >= 11 is 13.3. The van der Waals surface area contributed by atoms with Crippen molar-refractivity contribution in [3.8, 4) is 0 Å². The Labute approximate surface area is 186 Å². The number of carbonyl (C=O) groups excluding carboxylic acids is 1. The molecule has 2 aromatic rings. The minimum absolute atomic E-state index is 0.0966. The van der Waals surface area contributed by atoms with Crippen LogP contribution in [0.5, 0.6) is 0 Å². The van der Waals surface area contributed by atoms with Crippen LogP contribution in [0.1, 0.15) is 55.2 Å². The van der Waals surface area contributed by atoms with Gasteiger partial charge in [0.25, 0.3) is 0 Å².